The van der Waals surface area contributed by atoms with Crippen molar-refractivity contribution in [1.82, 2.24) is 0 Å². The lowest BCUT2D eigenvalue weighted by atomic mass is 10.1. The minimum Gasteiger partial charge on any atom is -0.488 e. The maximum absolute atomic E-state index is 12.7. The first-order valence-corrected chi connectivity index (χ1v) is 10.3. The van der Waals surface area contributed by atoms with Gasteiger partial charge in [-0.05, 0) is 48.4 Å². The Bertz CT molecular complexity index is 1120. The number of para-hydroxylation sites is 1. The molecule has 0 saturated carbocycles. The fourth-order valence-corrected chi connectivity index (χ4v) is 3.42. The number of anilines is 1. The Labute approximate surface area is 188 Å². The summed E-state index contributed by atoms with van der Waals surface area (Å²) in [7, 11) is 0. The number of halogens is 2. The lowest BCUT2D eigenvalue weighted by molar-refractivity contribution is -0.112. The molecule has 150 valence electrons. The van der Waals surface area contributed by atoms with Gasteiger partial charge in [0.15, 0.2) is 0 Å². The molecule has 0 saturated heterocycles. The van der Waals surface area contributed by atoms with Gasteiger partial charge in [-0.3, -0.25) is 4.79 Å². The van der Waals surface area contributed by atoms with Gasteiger partial charge in [-0.1, -0.05) is 70.0 Å². The average molecular weight is 482 g/mol. The molecule has 3 aromatic carbocycles. The molecule has 0 fully saturated rings. The second-order valence-corrected chi connectivity index (χ2v) is 7.83. The Kier molecular flexibility index (Phi) is 7.29. The van der Waals surface area contributed by atoms with E-state index < -0.39 is 5.91 Å². The van der Waals surface area contributed by atoms with E-state index in [0.717, 1.165) is 15.6 Å². The number of nitrogens with zero attached hydrogens (tertiary/aromatic N) is 1. The molecule has 3 rings (SSSR count). The Morgan fingerprint density at radius 3 is 2.63 bits per heavy atom. The van der Waals surface area contributed by atoms with Crippen LogP contribution in [0.2, 0.25) is 5.02 Å². The van der Waals surface area contributed by atoms with Crippen LogP contribution in [0.4, 0.5) is 5.69 Å². The molecular formula is C24H18BrClN2O2. The van der Waals surface area contributed by atoms with Crippen LogP contribution in [0.1, 0.15) is 16.7 Å². The van der Waals surface area contributed by atoms with Gasteiger partial charge in [0, 0.05) is 10.0 Å². The molecule has 0 aromatic heterocycles. The smallest absolute Gasteiger partial charge is 0.266 e. The molecule has 0 bridgehead atoms. The maximum Gasteiger partial charge on any atom is 0.266 e. The standard InChI is InChI=1S/C24H18BrClN2O2/c1-16-6-5-9-21(26)23(16)28-24(29)19(14-27)12-18-13-20(25)10-11-22(18)30-15-17-7-3-2-4-8-17/h2-13H,15H2,1H3,(H,28,29)/b19-12+. The third-order valence-electron chi connectivity index (χ3n) is 4.33. The highest BCUT2D eigenvalue weighted by atomic mass is 79.9. The largest absolute Gasteiger partial charge is 0.488 e. The van der Waals surface area contributed by atoms with E-state index in [2.05, 4.69) is 21.2 Å². The Hall–Kier alpha value is -3.07. The summed E-state index contributed by atoms with van der Waals surface area (Å²) in [6, 6.07) is 22.5. The van der Waals surface area contributed by atoms with Crippen LogP contribution < -0.4 is 10.1 Å². The highest BCUT2D eigenvalue weighted by Gasteiger charge is 2.14. The van der Waals surface area contributed by atoms with Crippen molar-refractivity contribution in [2.24, 2.45) is 0 Å². The van der Waals surface area contributed by atoms with Crippen LogP contribution in [0, 0.1) is 18.3 Å². The van der Waals surface area contributed by atoms with Gasteiger partial charge in [-0.15, -0.1) is 0 Å². The molecule has 0 heterocycles. The Morgan fingerprint density at radius 1 is 1.17 bits per heavy atom. The fraction of sp³-hybridized carbons (Fsp3) is 0.0833. The molecule has 0 unspecified atom stereocenters. The summed E-state index contributed by atoms with van der Waals surface area (Å²) in [5, 5.41) is 12.7. The molecular weight excluding hydrogens is 464 g/mol. The predicted molar refractivity (Wildman–Crippen MR) is 123 cm³/mol. The number of carbonyl (C=O) groups excluding carboxylic acids is 1. The molecule has 1 N–H and O–H groups in total. The van der Waals surface area contributed by atoms with Crippen molar-refractivity contribution in [3.05, 3.63) is 98.5 Å². The second-order valence-electron chi connectivity index (χ2n) is 6.51. The monoisotopic (exact) mass is 480 g/mol. The minimum atomic E-state index is -0.539. The Morgan fingerprint density at radius 2 is 1.93 bits per heavy atom. The molecule has 0 aliphatic heterocycles. The number of aryl methyl sites for hydroxylation is 1. The summed E-state index contributed by atoms with van der Waals surface area (Å²) in [6.07, 6.45) is 1.51. The number of rotatable bonds is 6. The third kappa shape index (κ3) is 5.50. The van der Waals surface area contributed by atoms with Crippen LogP contribution >= 0.6 is 27.5 Å². The molecule has 6 heteroatoms. The first-order chi connectivity index (χ1) is 14.5. The molecule has 30 heavy (non-hydrogen) atoms. The number of nitriles is 1. The molecule has 0 spiro atoms. The van der Waals surface area contributed by atoms with Crippen LogP contribution in [-0.4, -0.2) is 5.91 Å². The van der Waals surface area contributed by atoms with Crippen molar-refractivity contribution in [2.75, 3.05) is 5.32 Å². The van der Waals surface area contributed by atoms with Gasteiger partial charge in [0.1, 0.15) is 24.0 Å². The van der Waals surface area contributed by atoms with E-state index in [-0.39, 0.29) is 5.57 Å². The van der Waals surface area contributed by atoms with Gasteiger partial charge >= 0.3 is 0 Å². The van der Waals surface area contributed by atoms with Crippen LogP contribution in [-0.2, 0) is 11.4 Å². The number of ether oxygens (including phenoxy) is 1. The third-order valence-corrected chi connectivity index (χ3v) is 5.14. The number of hydrogen-bond donors (Lipinski definition) is 1. The first-order valence-electron chi connectivity index (χ1n) is 9.12. The van der Waals surface area contributed by atoms with Crippen molar-refractivity contribution >= 4 is 45.2 Å². The highest BCUT2D eigenvalue weighted by molar-refractivity contribution is 9.10. The van der Waals surface area contributed by atoms with Gasteiger partial charge in [0.05, 0.1) is 10.7 Å². The Balaban J connectivity index is 1.86. The van der Waals surface area contributed by atoms with Crippen molar-refractivity contribution < 1.29 is 9.53 Å². The number of benzene rings is 3. The van der Waals surface area contributed by atoms with Gasteiger partial charge < -0.3 is 10.1 Å². The predicted octanol–water partition coefficient (Wildman–Crippen LogP) is 6.54. The summed E-state index contributed by atoms with van der Waals surface area (Å²) < 4.78 is 6.74. The van der Waals surface area contributed by atoms with Gasteiger partial charge in [-0.2, -0.15) is 5.26 Å². The number of hydrogen-bond acceptors (Lipinski definition) is 3. The minimum absolute atomic E-state index is 0.0584. The van der Waals surface area contributed by atoms with Crippen molar-refractivity contribution in [2.45, 2.75) is 13.5 Å². The molecule has 0 atom stereocenters. The van der Waals surface area contributed by atoms with Crippen molar-refractivity contribution in [3.63, 3.8) is 0 Å². The number of carbonyl (C=O) groups is 1. The summed E-state index contributed by atoms with van der Waals surface area (Å²) in [5.74, 6) is 0.0270. The average Bonchev–Trinajstić information content (AvgIpc) is 2.74. The summed E-state index contributed by atoms with van der Waals surface area (Å²) in [4.78, 5) is 12.7. The van der Waals surface area contributed by atoms with Gasteiger partial charge in [-0.25, -0.2) is 0 Å². The SMILES string of the molecule is Cc1cccc(Cl)c1NC(=O)/C(C#N)=C/c1cc(Br)ccc1OCc1ccccc1. The molecule has 0 radical (unpaired) electrons. The van der Waals surface area contributed by atoms with Crippen LogP contribution in [0.5, 0.6) is 5.75 Å². The second kappa shape index (κ2) is 10.1. The molecule has 4 nitrogen and oxygen atoms in total. The quantitative estimate of drug-likeness (QED) is 0.321. The normalized spacial score (nSPS) is 10.9. The molecule has 0 aliphatic carbocycles. The van der Waals surface area contributed by atoms with E-state index in [1.165, 1.54) is 6.08 Å². The van der Waals surface area contributed by atoms with Gasteiger partial charge in [0.25, 0.3) is 5.91 Å². The number of amides is 1. The maximum atomic E-state index is 12.7. The molecule has 1 amide bonds. The zero-order valence-corrected chi connectivity index (χ0v) is 18.5. The van der Waals surface area contributed by atoms with Crippen molar-refractivity contribution in [3.8, 4) is 11.8 Å². The molecule has 0 aliphatic rings. The van der Waals surface area contributed by atoms with Gasteiger partial charge in [0.2, 0.25) is 0 Å². The van der Waals surface area contributed by atoms with E-state index in [1.54, 1.807) is 24.3 Å². The number of nitrogens with one attached hydrogen (secondary N) is 1. The zero-order chi connectivity index (χ0) is 21.5. The summed E-state index contributed by atoms with van der Waals surface area (Å²) in [5.41, 5.74) is 2.87. The zero-order valence-electron chi connectivity index (χ0n) is 16.2. The summed E-state index contributed by atoms with van der Waals surface area (Å²) in [6.45, 7) is 2.21. The fourth-order valence-electron chi connectivity index (χ4n) is 2.77. The van der Waals surface area contributed by atoms with Crippen LogP contribution in [0.3, 0.4) is 0 Å². The lowest BCUT2D eigenvalue weighted by Crippen LogP contribution is -2.14. The topological polar surface area (TPSA) is 62.1 Å². The lowest BCUT2D eigenvalue weighted by Gasteiger charge is -2.12. The summed E-state index contributed by atoms with van der Waals surface area (Å²) >= 11 is 9.61. The van der Waals surface area contributed by atoms with E-state index in [1.807, 2.05) is 55.5 Å². The first kappa shape index (κ1) is 21.6. The van der Waals surface area contributed by atoms with Crippen LogP contribution in [0.15, 0.2) is 76.8 Å². The van der Waals surface area contributed by atoms with E-state index in [4.69, 9.17) is 16.3 Å². The van der Waals surface area contributed by atoms with E-state index >= 15 is 0 Å². The van der Waals surface area contributed by atoms with E-state index in [9.17, 15) is 10.1 Å². The van der Waals surface area contributed by atoms with E-state index in [0.29, 0.717) is 28.6 Å². The van der Waals surface area contributed by atoms with Crippen LogP contribution in [0.25, 0.3) is 6.08 Å². The highest BCUT2D eigenvalue weighted by Crippen LogP contribution is 2.28. The molecule has 3 aromatic rings. The van der Waals surface area contributed by atoms with Crippen molar-refractivity contribution in [1.29, 1.82) is 5.26 Å².